The van der Waals surface area contributed by atoms with Gasteiger partial charge < -0.3 is 20.1 Å². The van der Waals surface area contributed by atoms with Crippen LogP contribution in [0.4, 0.5) is 4.79 Å². The van der Waals surface area contributed by atoms with E-state index in [9.17, 15) is 9.59 Å². The molecule has 2 rings (SSSR count). The van der Waals surface area contributed by atoms with E-state index >= 15 is 0 Å². The zero-order chi connectivity index (χ0) is 13.8. The van der Waals surface area contributed by atoms with Crippen LogP contribution in [-0.2, 0) is 9.53 Å². The highest BCUT2D eigenvalue weighted by molar-refractivity contribution is 7.99. The summed E-state index contributed by atoms with van der Waals surface area (Å²) in [5.41, 5.74) is 0. The number of rotatable bonds is 3. The Morgan fingerprint density at radius 1 is 1.53 bits per heavy atom. The first-order valence-electron chi connectivity index (χ1n) is 6.56. The third-order valence-corrected chi connectivity index (χ3v) is 4.68. The number of urea groups is 1. The van der Waals surface area contributed by atoms with Crippen LogP contribution < -0.4 is 5.32 Å². The highest BCUT2D eigenvalue weighted by Crippen LogP contribution is 2.20. The lowest BCUT2D eigenvalue weighted by Gasteiger charge is -2.35. The van der Waals surface area contributed by atoms with E-state index in [1.807, 2.05) is 6.92 Å². The normalized spacial score (nSPS) is 31.2. The molecule has 2 saturated heterocycles. The Balaban J connectivity index is 1.93. The Bertz CT molecular complexity index is 353. The number of aliphatic carboxylic acids is 1. The lowest BCUT2D eigenvalue weighted by atomic mass is 10.1. The molecular weight excluding hydrogens is 268 g/mol. The van der Waals surface area contributed by atoms with Crippen molar-refractivity contribution in [3.05, 3.63) is 0 Å². The topological polar surface area (TPSA) is 78.9 Å². The number of hydrogen-bond donors (Lipinski definition) is 2. The number of hydrogen-bond acceptors (Lipinski definition) is 4. The predicted octanol–water partition coefficient (Wildman–Crippen LogP) is 0.765. The van der Waals surface area contributed by atoms with E-state index in [0.717, 1.165) is 12.2 Å². The van der Waals surface area contributed by atoms with Crippen LogP contribution in [-0.4, -0.2) is 64.9 Å². The minimum absolute atomic E-state index is 0.0111. The molecule has 19 heavy (non-hydrogen) atoms. The standard InChI is InChI=1S/C12H20N2O4S/c1-8-10(2-4-18-8)13-12(17)14-3-5-19-7-9(14)6-11(15)16/h8-10H,2-7H2,1H3,(H,13,17)(H,15,16). The summed E-state index contributed by atoms with van der Waals surface area (Å²) >= 11 is 1.70. The van der Waals surface area contributed by atoms with Gasteiger partial charge in [-0.25, -0.2) is 4.79 Å². The Kier molecular flexibility index (Phi) is 4.93. The van der Waals surface area contributed by atoms with E-state index in [4.69, 9.17) is 9.84 Å². The first kappa shape index (κ1) is 14.5. The van der Waals surface area contributed by atoms with Gasteiger partial charge in [-0.05, 0) is 13.3 Å². The molecule has 3 unspecified atom stereocenters. The third kappa shape index (κ3) is 3.76. The number of ether oxygens (including phenoxy) is 1. The molecule has 2 N–H and O–H groups in total. The molecule has 2 aliphatic rings. The molecule has 0 aromatic rings. The van der Waals surface area contributed by atoms with Gasteiger partial charge in [-0.15, -0.1) is 0 Å². The zero-order valence-corrected chi connectivity index (χ0v) is 11.8. The number of carbonyl (C=O) groups is 2. The number of amides is 2. The van der Waals surface area contributed by atoms with E-state index in [1.165, 1.54) is 0 Å². The van der Waals surface area contributed by atoms with Crippen molar-refractivity contribution in [2.75, 3.05) is 24.7 Å². The number of nitrogens with zero attached hydrogens (tertiary/aromatic N) is 1. The van der Waals surface area contributed by atoms with Crippen LogP contribution >= 0.6 is 11.8 Å². The first-order chi connectivity index (χ1) is 9.08. The van der Waals surface area contributed by atoms with Gasteiger partial charge in [0.1, 0.15) is 0 Å². The third-order valence-electron chi connectivity index (χ3n) is 3.58. The first-order valence-corrected chi connectivity index (χ1v) is 7.71. The Morgan fingerprint density at radius 2 is 2.32 bits per heavy atom. The molecule has 0 radical (unpaired) electrons. The van der Waals surface area contributed by atoms with Crippen molar-refractivity contribution in [1.82, 2.24) is 10.2 Å². The Labute approximate surface area is 116 Å². The van der Waals surface area contributed by atoms with E-state index in [-0.39, 0.29) is 30.6 Å². The molecule has 0 aromatic heterocycles. The number of carboxylic acids is 1. The van der Waals surface area contributed by atoms with Gasteiger partial charge in [-0.2, -0.15) is 11.8 Å². The van der Waals surface area contributed by atoms with Gasteiger partial charge >= 0.3 is 12.0 Å². The minimum Gasteiger partial charge on any atom is -0.481 e. The Hall–Kier alpha value is -0.950. The van der Waals surface area contributed by atoms with Crippen molar-refractivity contribution < 1.29 is 19.4 Å². The van der Waals surface area contributed by atoms with Gasteiger partial charge in [0.15, 0.2) is 0 Å². The van der Waals surface area contributed by atoms with Crippen LogP contribution in [0.3, 0.4) is 0 Å². The molecular formula is C12H20N2O4S. The number of thioether (sulfide) groups is 1. The molecule has 2 heterocycles. The summed E-state index contributed by atoms with van der Waals surface area (Å²) < 4.78 is 5.41. The van der Waals surface area contributed by atoms with Gasteiger partial charge in [0.05, 0.1) is 24.6 Å². The molecule has 0 spiro atoms. The van der Waals surface area contributed by atoms with Gasteiger partial charge in [0, 0.05) is 24.7 Å². The van der Waals surface area contributed by atoms with Crippen LogP contribution in [0.5, 0.6) is 0 Å². The van der Waals surface area contributed by atoms with Crippen LogP contribution in [0.25, 0.3) is 0 Å². The second-order valence-corrected chi connectivity index (χ2v) is 6.09. The summed E-state index contributed by atoms with van der Waals surface area (Å²) in [6.07, 6.45) is 0.858. The van der Waals surface area contributed by atoms with Gasteiger partial charge in [0.2, 0.25) is 0 Å². The second-order valence-electron chi connectivity index (χ2n) is 4.94. The number of carboxylic acid groups (broad SMARTS) is 1. The summed E-state index contributed by atoms with van der Waals surface area (Å²) in [5.74, 6) is 0.694. The second kappa shape index (κ2) is 6.47. The maximum absolute atomic E-state index is 12.2. The molecule has 2 amide bonds. The smallest absolute Gasteiger partial charge is 0.318 e. The number of carbonyl (C=O) groups excluding carboxylic acids is 1. The highest BCUT2D eigenvalue weighted by atomic mass is 32.2. The van der Waals surface area contributed by atoms with Crippen LogP contribution in [0, 0.1) is 0 Å². The fraction of sp³-hybridized carbons (Fsp3) is 0.833. The van der Waals surface area contributed by atoms with Crippen molar-refractivity contribution in [2.45, 2.75) is 38.0 Å². The van der Waals surface area contributed by atoms with Crippen molar-refractivity contribution in [3.63, 3.8) is 0 Å². The fourth-order valence-corrected chi connectivity index (χ4v) is 3.52. The maximum atomic E-state index is 12.2. The molecule has 0 aromatic carbocycles. The van der Waals surface area contributed by atoms with Gasteiger partial charge in [0.25, 0.3) is 0 Å². The average molecular weight is 288 g/mol. The van der Waals surface area contributed by atoms with Crippen molar-refractivity contribution >= 4 is 23.8 Å². The van der Waals surface area contributed by atoms with Crippen LogP contribution in [0.1, 0.15) is 19.8 Å². The van der Waals surface area contributed by atoms with Crippen LogP contribution in [0.2, 0.25) is 0 Å². The molecule has 108 valence electrons. The maximum Gasteiger partial charge on any atom is 0.318 e. The quantitative estimate of drug-likeness (QED) is 0.802. The summed E-state index contributed by atoms with van der Waals surface area (Å²) in [7, 11) is 0. The zero-order valence-electron chi connectivity index (χ0n) is 11.0. The lowest BCUT2D eigenvalue weighted by molar-refractivity contribution is -0.138. The SMILES string of the molecule is CC1OCCC1NC(=O)N1CCSCC1CC(=O)O. The van der Waals surface area contributed by atoms with E-state index < -0.39 is 5.97 Å². The van der Waals surface area contributed by atoms with Gasteiger partial charge in [-0.3, -0.25) is 4.79 Å². The molecule has 7 heteroatoms. The summed E-state index contributed by atoms with van der Waals surface area (Å²) in [6, 6.07) is -0.338. The monoisotopic (exact) mass is 288 g/mol. The van der Waals surface area contributed by atoms with E-state index in [1.54, 1.807) is 16.7 Å². The molecule has 2 aliphatic heterocycles. The Morgan fingerprint density at radius 3 is 2.95 bits per heavy atom. The largest absolute Gasteiger partial charge is 0.481 e. The molecule has 2 fully saturated rings. The van der Waals surface area contributed by atoms with Crippen molar-refractivity contribution in [1.29, 1.82) is 0 Å². The molecule has 3 atom stereocenters. The fourth-order valence-electron chi connectivity index (χ4n) is 2.46. The van der Waals surface area contributed by atoms with Crippen molar-refractivity contribution in [3.8, 4) is 0 Å². The minimum atomic E-state index is -0.858. The average Bonchev–Trinajstić information content (AvgIpc) is 2.75. The van der Waals surface area contributed by atoms with E-state index in [0.29, 0.717) is 18.9 Å². The van der Waals surface area contributed by atoms with Gasteiger partial charge in [-0.1, -0.05) is 0 Å². The summed E-state index contributed by atoms with van der Waals surface area (Å²) in [5, 5.41) is 11.9. The molecule has 6 nitrogen and oxygen atoms in total. The molecule has 0 saturated carbocycles. The lowest BCUT2D eigenvalue weighted by Crippen LogP contribution is -2.54. The summed E-state index contributed by atoms with van der Waals surface area (Å²) in [6.45, 7) is 3.22. The van der Waals surface area contributed by atoms with Crippen molar-refractivity contribution in [2.24, 2.45) is 0 Å². The highest BCUT2D eigenvalue weighted by Gasteiger charge is 2.32. The molecule has 0 aliphatic carbocycles. The summed E-state index contributed by atoms with van der Waals surface area (Å²) in [4.78, 5) is 24.8. The predicted molar refractivity (Wildman–Crippen MR) is 72.4 cm³/mol. The van der Waals surface area contributed by atoms with Crippen LogP contribution in [0.15, 0.2) is 0 Å². The molecule has 0 bridgehead atoms. The van der Waals surface area contributed by atoms with E-state index in [2.05, 4.69) is 5.32 Å². The number of nitrogens with one attached hydrogen (secondary N) is 1.